The van der Waals surface area contributed by atoms with Crippen LogP contribution in [0.15, 0.2) is 0 Å². The van der Waals surface area contributed by atoms with Gasteiger partial charge in [0.2, 0.25) is 0 Å². The summed E-state index contributed by atoms with van der Waals surface area (Å²) >= 11 is 0. The number of hydrogen-bond donors (Lipinski definition) is 0. The Balaban J connectivity index is 2.58. The summed E-state index contributed by atoms with van der Waals surface area (Å²) in [7, 11) is 0. The molecule has 0 aromatic rings. The van der Waals surface area contributed by atoms with Gasteiger partial charge in [-0.3, -0.25) is 9.69 Å². The van der Waals surface area contributed by atoms with E-state index in [1.54, 1.807) is 20.8 Å². The number of hydrogen-bond acceptors (Lipinski definition) is 4. The van der Waals surface area contributed by atoms with Crippen LogP contribution in [0.25, 0.3) is 0 Å². The molecule has 17 heavy (non-hydrogen) atoms. The van der Waals surface area contributed by atoms with Gasteiger partial charge in [-0.2, -0.15) is 0 Å². The molecule has 1 rings (SSSR count). The molecule has 98 valence electrons. The second kappa shape index (κ2) is 5.49. The summed E-state index contributed by atoms with van der Waals surface area (Å²) in [6.45, 7) is 8.37. The maximum absolute atomic E-state index is 11.8. The molecule has 1 aliphatic rings. The van der Waals surface area contributed by atoms with Gasteiger partial charge in [0.1, 0.15) is 5.60 Å². The van der Waals surface area contributed by atoms with Gasteiger partial charge in [0.05, 0.1) is 19.2 Å². The molecule has 1 heterocycles. The molecule has 0 saturated carbocycles. The van der Waals surface area contributed by atoms with Crippen molar-refractivity contribution in [1.82, 2.24) is 4.90 Å². The maximum atomic E-state index is 11.8. The maximum Gasteiger partial charge on any atom is 0.410 e. The van der Waals surface area contributed by atoms with Crippen molar-refractivity contribution in [2.45, 2.75) is 45.8 Å². The molecular formula is C12H21NO4. The highest BCUT2D eigenvalue weighted by molar-refractivity contribution is 5.85. The van der Waals surface area contributed by atoms with Gasteiger partial charge in [0.25, 0.3) is 0 Å². The number of carbonyl (C=O) groups is 2. The first-order valence-corrected chi connectivity index (χ1v) is 5.93. The SMILES string of the molecule is CCOC1CC(=O)CN(C(=O)OC(C)(C)C)C1. The number of Topliss-reactive ketones (excluding diaryl/α,β-unsaturated/α-hetero) is 1. The van der Waals surface area contributed by atoms with E-state index in [1.165, 1.54) is 4.90 Å². The fourth-order valence-electron chi connectivity index (χ4n) is 1.72. The normalized spacial score (nSPS) is 21.5. The largest absolute Gasteiger partial charge is 0.444 e. The Morgan fingerprint density at radius 2 is 2.12 bits per heavy atom. The number of ketones is 1. The van der Waals surface area contributed by atoms with Crippen molar-refractivity contribution < 1.29 is 19.1 Å². The Morgan fingerprint density at radius 1 is 1.47 bits per heavy atom. The van der Waals surface area contributed by atoms with Gasteiger partial charge in [0.15, 0.2) is 5.78 Å². The lowest BCUT2D eigenvalue weighted by Gasteiger charge is -2.33. The first-order chi connectivity index (χ1) is 7.81. The molecule has 1 aliphatic heterocycles. The number of rotatable bonds is 2. The third-order valence-corrected chi connectivity index (χ3v) is 2.30. The van der Waals surface area contributed by atoms with Crippen molar-refractivity contribution >= 4 is 11.9 Å². The fourth-order valence-corrected chi connectivity index (χ4v) is 1.72. The Kier molecular flexibility index (Phi) is 4.51. The summed E-state index contributed by atoms with van der Waals surface area (Å²) in [5, 5.41) is 0. The lowest BCUT2D eigenvalue weighted by atomic mass is 10.1. The molecule has 1 fully saturated rings. The van der Waals surface area contributed by atoms with E-state index in [4.69, 9.17) is 9.47 Å². The Bertz CT molecular complexity index is 295. The standard InChI is InChI=1S/C12H21NO4/c1-5-16-10-6-9(14)7-13(8-10)11(15)17-12(2,3)4/h10H,5-8H2,1-4H3. The fraction of sp³-hybridized carbons (Fsp3) is 0.833. The molecule has 0 bridgehead atoms. The van der Waals surface area contributed by atoms with Gasteiger partial charge in [-0.05, 0) is 27.7 Å². The highest BCUT2D eigenvalue weighted by atomic mass is 16.6. The third kappa shape index (κ3) is 4.73. The minimum atomic E-state index is -0.543. The third-order valence-electron chi connectivity index (χ3n) is 2.30. The average molecular weight is 243 g/mol. The molecule has 5 nitrogen and oxygen atoms in total. The lowest BCUT2D eigenvalue weighted by Crippen LogP contribution is -2.49. The van der Waals surface area contributed by atoms with E-state index in [-0.39, 0.29) is 18.4 Å². The van der Waals surface area contributed by atoms with Crippen LogP contribution in [0, 0.1) is 0 Å². The van der Waals surface area contributed by atoms with E-state index in [0.717, 1.165) is 0 Å². The molecule has 1 amide bonds. The number of amides is 1. The zero-order valence-corrected chi connectivity index (χ0v) is 11.0. The molecule has 5 heteroatoms. The zero-order valence-electron chi connectivity index (χ0n) is 11.0. The van der Waals surface area contributed by atoms with Gasteiger partial charge in [-0.1, -0.05) is 0 Å². The van der Waals surface area contributed by atoms with Crippen molar-refractivity contribution in [1.29, 1.82) is 0 Å². The van der Waals surface area contributed by atoms with Gasteiger partial charge in [-0.15, -0.1) is 0 Å². The van der Waals surface area contributed by atoms with Crippen LogP contribution in [-0.2, 0) is 14.3 Å². The van der Waals surface area contributed by atoms with Crippen LogP contribution >= 0.6 is 0 Å². The average Bonchev–Trinajstić information content (AvgIpc) is 2.14. The van der Waals surface area contributed by atoms with Crippen LogP contribution in [0.3, 0.4) is 0 Å². The second-order valence-corrected chi connectivity index (χ2v) is 5.18. The minimum absolute atomic E-state index is 0.0144. The monoisotopic (exact) mass is 243 g/mol. The predicted octanol–water partition coefficient (Wildman–Crippen LogP) is 1.60. The first-order valence-electron chi connectivity index (χ1n) is 5.93. The highest BCUT2D eigenvalue weighted by Crippen LogP contribution is 2.15. The van der Waals surface area contributed by atoms with Crippen LogP contribution in [0.1, 0.15) is 34.1 Å². The number of piperidine rings is 1. The quantitative estimate of drug-likeness (QED) is 0.739. The number of carbonyl (C=O) groups excluding carboxylic acids is 2. The minimum Gasteiger partial charge on any atom is -0.444 e. The molecular weight excluding hydrogens is 222 g/mol. The highest BCUT2D eigenvalue weighted by Gasteiger charge is 2.31. The van der Waals surface area contributed by atoms with Gasteiger partial charge in [-0.25, -0.2) is 4.79 Å². The van der Waals surface area contributed by atoms with Crippen LogP contribution in [-0.4, -0.2) is 48.2 Å². The van der Waals surface area contributed by atoms with Crippen LogP contribution in [0.2, 0.25) is 0 Å². The van der Waals surface area contributed by atoms with Crippen molar-refractivity contribution in [2.75, 3.05) is 19.7 Å². The van der Waals surface area contributed by atoms with Crippen LogP contribution in [0.4, 0.5) is 4.79 Å². The predicted molar refractivity (Wildman–Crippen MR) is 62.8 cm³/mol. The number of nitrogens with zero attached hydrogens (tertiary/aromatic N) is 1. The van der Waals surface area contributed by atoms with E-state index in [2.05, 4.69) is 0 Å². The van der Waals surface area contributed by atoms with E-state index in [1.807, 2.05) is 6.92 Å². The van der Waals surface area contributed by atoms with E-state index in [0.29, 0.717) is 19.6 Å². The molecule has 0 spiro atoms. The number of ether oxygens (including phenoxy) is 2. The summed E-state index contributed by atoms with van der Waals surface area (Å²) in [4.78, 5) is 24.7. The summed E-state index contributed by atoms with van der Waals surface area (Å²) in [6, 6.07) is 0. The molecule has 0 aromatic heterocycles. The van der Waals surface area contributed by atoms with Crippen molar-refractivity contribution in [2.24, 2.45) is 0 Å². The molecule has 0 aromatic carbocycles. The summed E-state index contributed by atoms with van der Waals surface area (Å²) in [5.74, 6) is 0.0144. The van der Waals surface area contributed by atoms with Crippen LogP contribution in [0.5, 0.6) is 0 Å². The second-order valence-electron chi connectivity index (χ2n) is 5.18. The topological polar surface area (TPSA) is 55.8 Å². The Hall–Kier alpha value is -1.10. The van der Waals surface area contributed by atoms with E-state index in [9.17, 15) is 9.59 Å². The smallest absolute Gasteiger partial charge is 0.410 e. The molecule has 0 radical (unpaired) electrons. The van der Waals surface area contributed by atoms with Crippen molar-refractivity contribution in [3.63, 3.8) is 0 Å². The summed E-state index contributed by atoms with van der Waals surface area (Å²) in [5.41, 5.74) is -0.543. The Morgan fingerprint density at radius 3 is 2.65 bits per heavy atom. The number of likely N-dealkylation sites (tertiary alicyclic amines) is 1. The molecule has 1 saturated heterocycles. The lowest BCUT2D eigenvalue weighted by molar-refractivity contribution is -0.127. The molecule has 1 unspecified atom stereocenters. The van der Waals surface area contributed by atoms with E-state index >= 15 is 0 Å². The van der Waals surface area contributed by atoms with E-state index < -0.39 is 11.7 Å². The molecule has 1 atom stereocenters. The van der Waals surface area contributed by atoms with Crippen molar-refractivity contribution in [3.05, 3.63) is 0 Å². The Labute approximate surface area is 102 Å². The van der Waals surface area contributed by atoms with Crippen molar-refractivity contribution in [3.8, 4) is 0 Å². The molecule has 0 aliphatic carbocycles. The first kappa shape index (κ1) is 14.0. The van der Waals surface area contributed by atoms with Gasteiger partial charge < -0.3 is 9.47 Å². The zero-order chi connectivity index (χ0) is 13.1. The summed E-state index contributed by atoms with van der Waals surface area (Å²) < 4.78 is 10.6. The summed E-state index contributed by atoms with van der Waals surface area (Å²) in [6.07, 6.45) is -0.267. The van der Waals surface area contributed by atoms with Crippen LogP contribution < -0.4 is 0 Å². The van der Waals surface area contributed by atoms with Gasteiger partial charge in [0, 0.05) is 13.0 Å². The molecule has 0 N–H and O–H groups in total. The van der Waals surface area contributed by atoms with Gasteiger partial charge >= 0.3 is 6.09 Å².